The fourth-order valence-corrected chi connectivity index (χ4v) is 1.65. The van der Waals surface area contributed by atoms with Gasteiger partial charge in [0.25, 0.3) is 5.91 Å². The number of aromatic carboxylic acids is 1. The summed E-state index contributed by atoms with van der Waals surface area (Å²) in [5, 5.41) is 11.8. The first-order valence-corrected chi connectivity index (χ1v) is 5.91. The van der Waals surface area contributed by atoms with Gasteiger partial charge in [0.1, 0.15) is 5.82 Å². The topological polar surface area (TPSA) is 105 Å². The minimum atomic E-state index is -1.11. The number of rotatable bonds is 3. The van der Waals surface area contributed by atoms with Gasteiger partial charge in [0.15, 0.2) is 0 Å². The fraction of sp³-hybridized carbons (Fsp3) is 0. The molecule has 0 radical (unpaired) electrons. The van der Waals surface area contributed by atoms with E-state index in [1.165, 1.54) is 24.4 Å². The Hall–Kier alpha value is -2.60. The summed E-state index contributed by atoms with van der Waals surface area (Å²) < 4.78 is 0. The van der Waals surface area contributed by atoms with Crippen LogP contribution in [0.4, 0.5) is 11.5 Å². The van der Waals surface area contributed by atoms with E-state index in [9.17, 15) is 9.59 Å². The number of carboxylic acid groups (broad SMARTS) is 1. The number of halogens is 1. The third-order valence-electron chi connectivity index (χ3n) is 2.51. The number of hydrogen-bond acceptors (Lipinski definition) is 4. The number of nitrogens with zero attached hydrogens (tertiary/aromatic N) is 1. The molecule has 0 spiro atoms. The summed E-state index contributed by atoms with van der Waals surface area (Å²) >= 11 is 5.69. The third kappa shape index (κ3) is 3.04. The number of amides is 1. The van der Waals surface area contributed by atoms with Crippen LogP contribution in [0.25, 0.3) is 0 Å². The van der Waals surface area contributed by atoms with Gasteiger partial charge in [-0.05, 0) is 30.3 Å². The van der Waals surface area contributed by atoms with Crippen molar-refractivity contribution in [1.82, 2.24) is 4.98 Å². The molecule has 0 saturated carbocycles. The number of nitrogen functional groups attached to an aromatic ring is 1. The average Bonchev–Trinajstić information content (AvgIpc) is 2.41. The van der Waals surface area contributed by atoms with Gasteiger partial charge in [0.2, 0.25) is 0 Å². The number of carbonyl (C=O) groups is 2. The molecule has 0 atom stereocenters. The molecule has 2 aromatic rings. The van der Waals surface area contributed by atoms with Crippen molar-refractivity contribution in [3.63, 3.8) is 0 Å². The molecule has 0 aliphatic rings. The monoisotopic (exact) mass is 291 g/mol. The summed E-state index contributed by atoms with van der Waals surface area (Å²) in [6.07, 6.45) is 1.40. The lowest BCUT2D eigenvalue weighted by Gasteiger charge is -2.07. The average molecular weight is 292 g/mol. The Morgan fingerprint density at radius 3 is 2.55 bits per heavy atom. The van der Waals surface area contributed by atoms with Crippen LogP contribution in [0.3, 0.4) is 0 Å². The summed E-state index contributed by atoms with van der Waals surface area (Å²) in [6, 6.07) is 7.02. The standard InChI is InChI=1S/C13H10ClN3O3/c14-8-2-4-11(16-6-8)17-12(18)9-3-1-7(13(19)20)5-10(9)15/h1-6H,15H2,(H,19,20)(H,16,17,18). The first-order valence-electron chi connectivity index (χ1n) is 5.53. The summed E-state index contributed by atoms with van der Waals surface area (Å²) in [5.74, 6) is -1.27. The number of carbonyl (C=O) groups excluding carboxylic acids is 1. The molecule has 20 heavy (non-hydrogen) atoms. The zero-order valence-electron chi connectivity index (χ0n) is 10.1. The highest BCUT2D eigenvalue weighted by atomic mass is 35.5. The molecule has 1 amide bonds. The number of pyridine rings is 1. The Kier molecular flexibility index (Phi) is 3.86. The van der Waals surface area contributed by atoms with Gasteiger partial charge in [-0.2, -0.15) is 0 Å². The molecule has 4 N–H and O–H groups in total. The quantitative estimate of drug-likeness (QED) is 0.752. The number of nitrogens with one attached hydrogen (secondary N) is 1. The van der Waals surface area contributed by atoms with Crippen molar-refractivity contribution in [2.45, 2.75) is 0 Å². The van der Waals surface area contributed by atoms with Crippen LogP contribution >= 0.6 is 11.6 Å². The van der Waals surface area contributed by atoms with Gasteiger partial charge in [0.05, 0.1) is 16.1 Å². The van der Waals surface area contributed by atoms with E-state index in [4.69, 9.17) is 22.4 Å². The maximum absolute atomic E-state index is 12.0. The van der Waals surface area contributed by atoms with E-state index in [1.54, 1.807) is 12.1 Å². The highest BCUT2D eigenvalue weighted by Gasteiger charge is 2.13. The molecular formula is C13H10ClN3O3. The van der Waals surface area contributed by atoms with E-state index >= 15 is 0 Å². The van der Waals surface area contributed by atoms with Crippen LogP contribution in [0.1, 0.15) is 20.7 Å². The largest absolute Gasteiger partial charge is 0.478 e. The maximum atomic E-state index is 12.0. The molecule has 1 aromatic carbocycles. The fourth-order valence-electron chi connectivity index (χ4n) is 1.54. The molecule has 0 saturated heterocycles. The molecule has 102 valence electrons. The van der Waals surface area contributed by atoms with Gasteiger partial charge in [0, 0.05) is 11.9 Å². The molecule has 6 nitrogen and oxygen atoms in total. The van der Waals surface area contributed by atoms with Crippen LogP contribution in [-0.2, 0) is 0 Å². The van der Waals surface area contributed by atoms with Crippen LogP contribution in [0.5, 0.6) is 0 Å². The molecule has 7 heteroatoms. The van der Waals surface area contributed by atoms with Gasteiger partial charge in [-0.25, -0.2) is 9.78 Å². The van der Waals surface area contributed by atoms with Crippen LogP contribution in [0.15, 0.2) is 36.5 Å². The number of hydrogen-bond donors (Lipinski definition) is 3. The van der Waals surface area contributed by atoms with Gasteiger partial charge in [-0.15, -0.1) is 0 Å². The minimum Gasteiger partial charge on any atom is -0.478 e. The Balaban J connectivity index is 2.21. The number of carboxylic acids is 1. The van der Waals surface area contributed by atoms with E-state index in [0.29, 0.717) is 10.8 Å². The Morgan fingerprint density at radius 1 is 1.25 bits per heavy atom. The van der Waals surface area contributed by atoms with E-state index in [2.05, 4.69) is 10.3 Å². The van der Waals surface area contributed by atoms with Crippen molar-refractivity contribution >= 4 is 35.0 Å². The summed E-state index contributed by atoms with van der Waals surface area (Å²) in [6.45, 7) is 0. The van der Waals surface area contributed by atoms with Crippen molar-refractivity contribution in [2.75, 3.05) is 11.1 Å². The Bertz CT molecular complexity index is 671. The number of benzene rings is 1. The first-order chi connectivity index (χ1) is 9.47. The first kappa shape index (κ1) is 13.8. The molecule has 1 heterocycles. The van der Waals surface area contributed by atoms with Crippen molar-refractivity contribution in [3.8, 4) is 0 Å². The second kappa shape index (κ2) is 5.58. The lowest BCUT2D eigenvalue weighted by atomic mass is 10.1. The van der Waals surface area contributed by atoms with Gasteiger partial charge >= 0.3 is 5.97 Å². The molecule has 0 bridgehead atoms. The molecule has 0 aliphatic heterocycles. The summed E-state index contributed by atoms with van der Waals surface area (Å²) in [7, 11) is 0. The minimum absolute atomic E-state index is 0.0173. The van der Waals surface area contributed by atoms with Gasteiger partial charge < -0.3 is 16.2 Å². The molecule has 0 fully saturated rings. The van der Waals surface area contributed by atoms with Crippen LogP contribution in [-0.4, -0.2) is 22.0 Å². The van der Waals surface area contributed by atoms with E-state index in [1.807, 2.05) is 0 Å². The second-order valence-electron chi connectivity index (χ2n) is 3.92. The lowest BCUT2D eigenvalue weighted by molar-refractivity contribution is 0.0696. The van der Waals surface area contributed by atoms with Crippen molar-refractivity contribution in [1.29, 1.82) is 0 Å². The highest BCUT2D eigenvalue weighted by Crippen LogP contribution is 2.17. The van der Waals surface area contributed by atoms with E-state index in [0.717, 1.165) is 0 Å². The molecule has 2 rings (SSSR count). The zero-order valence-corrected chi connectivity index (χ0v) is 10.9. The number of nitrogens with two attached hydrogens (primary N) is 1. The van der Waals surface area contributed by atoms with Crippen LogP contribution in [0, 0.1) is 0 Å². The SMILES string of the molecule is Nc1cc(C(=O)O)ccc1C(=O)Nc1ccc(Cl)cn1. The summed E-state index contributed by atoms with van der Waals surface area (Å²) in [4.78, 5) is 26.7. The molecule has 0 unspecified atom stereocenters. The van der Waals surface area contributed by atoms with E-state index < -0.39 is 11.9 Å². The maximum Gasteiger partial charge on any atom is 0.335 e. The third-order valence-corrected chi connectivity index (χ3v) is 2.74. The van der Waals surface area contributed by atoms with Crippen molar-refractivity contribution in [2.24, 2.45) is 0 Å². The predicted molar refractivity (Wildman–Crippen MR) is 75.0 cm³/mol. The number of aromatic nitrogens is 1. The van der Waals surface area contributed by atoms with Gasteiger partial charge in [-0.1, -0.05) is 11.6 Å². The predicted octanol–water partition coefficient (Wildman–Crippen LogP) is 2.27. The second-order valence-corrected chi connectivity index (χ2v) is 4.36. The molecular weight excluding hydrogens is 282 g/mol. The van der Waals surface area contributed by atoms with Crippen molar-refractivity contribution < 1.29 is 14.7 Å². The van der Waals surface area contributed by atoms with Crippen LogP contribution < -0.4 is 11.1 Å². The van der Waals surface area contributed by atoms with Crippen molar-refractivity contribution in [3.05, 3.63) is 52.7 Å². The number of anilines is 2. The Morgan fingerprint density at radius 2 is 2.00 bits per heavy atom. The smallest absolute Gasteiger partial charge is 0.335 e. The van der Waals surface area contributed by atoms with E-state index in [-0.39, 0.29) is 16.8 Å². The van der Waals surface area contributed by atoms with Gasteiger partial charge in [-0.3, -0.25) is 4.79 Å². The molecule has 0 aliphatic carbocycles. The molecule has 1 aromatic heterocycles. The summed E-state index contributed by atoms with van der Waals surface area (Å²) in [5.41, 5.74) is 5.94. The Labute approximate surface area is 119 Å². The normalized spacial score (nSPS) is 10.1. The van der Waals surface area contributed by atoms with Crippen LogP contribution in [0.2, 0.25) is 5.02 Å². The zero-order chi connectivity index (χ0) is 14.7. The lowest BCUT2D eigenvalue weighted by Crippen LogP contribution is -2.15. The highest BCUT2D eigenvalue weighted by molar-refractivity contribution is 6.30.